The number of nitrogens with two attached hydrogens (primary N) is 1. The molecule has 0 saturated heterocycles. The topological polar surface area (TPSA) is 46.3 Å². The van der Waals surface area contributed by atoms with Gasteiger partial charge in [-0.25, -0.2) is 4.39 Å². The first-order chi connectivity index (χ1) is 9.61. The highest BCUT2D eigenvalue weighted by molar-refractivity contribution is 5.85. The average Bonchev–Trinajstić information content (AvgIpc) is 2.94. The van der Waals surface area contributed by atoms with Crippen molar-refractivity contribution in [1.29, 1.82) is 0 Å². The van der Waals surface area contributed by atoms with Gasteiger partial charge in [-0.1, -0.05) is 18.6 Å². The molecule has 0 aliphatic heterocycles. The number of hydrogen-bond donors (Lipinski definition) is 1. The van der Waals surface area contributed by atoms with E-state index in [0.717, 1.165) is 31.2 Å². The number of carbonyl (C=O) groups excluding carboxylic acids is 1. The first-order valence-electron chi connectivity index (χ1n) is 7.31. The molecule has 1 aliphatic rings. The molecule has 0 heterocycles. The molecule has 1 fully saturated rings. The predicted octanol–water partition coefficient (Wildman–Crippen LogP) is 2.62. The molecule has 2 atom stereocenters. The highest BCUT2D eigenvalue weighted by Crippen LogP contribution is 2.32. The molecule has 1 saturated carbocycles. The molecule has 1 aromatic rings. The molecule has 2 N–H and O–H groups in total. The first kappa shape index (κ1) is 17.9. The lowest BCUT2D eigenvalue weighted by atomic mass is 9.95. The highest BCUT2D eigenvalue weighted by Gasteiger charge is 2.33. The van der Waals surface area contributed by atoms with Crippen molar-refractivity contribution in [3.63, 3.8) is 0 Å². The van der Waals surface area contributed by atoms with Gasteiger partial charge in [0.1, 0.15) is 5.82 Å². The van der Waals surface area contributed by atoms with Gasteiger partial charge in [0.2, 0.25) is 5.91 Å². The molecule has 0 radical (unpaired) electrons. The Labute approximate surface area is 132 Å². The fourth-order valence-corrected chi connectivity index (χ4v) is 2.99. The van der Waals surface area contributed by atoms with E-state index in [0.29, 0.717) is 19.0 Å². The van der Waals surface area contributed by atoms with Crippen molar-refractivity contribution in [1.82, 2.24) is 4.90 Å². The Hall–Kier alpha value is -1.13. The van der Waals surface area contributed by atoms with Gasteiger partial charge in [0.25, 0.3) is 0 Å². The van der Waals surface area contributed by atoms with Crippen LogP contribution in [0.2, 0.25) is 0 Å². The van der Waals surface area contributed by atoms with Gasteiger partial charge >= 0.3 is 0 Å². The predicted molar refractivity (Wildman–Crippen MR) is 84.9 cm³/mol. The summed E-state index contributed by atoms with van der Waals surface area (Å²) in [5.74, 6) is 0.420. The van der Waals surface area contributed by atoms with Crippen molar-refractivity contribution >= 4 is 18.3 Å². The third-order valence-corrected chi connectivity index (χ3v) is 4.30. The second-order valence-corrected chi connectivity index (χ2v) is 5.67. The first-order valence-corrected chi connectivity index (χ1v) is 7.31. The monoisotopic (exact) mass is 314 g/mol. The van der Waals surface area contributed by atoms with E-state index in [1.165, 1.54) is 12.1 Å². The summed E-state index contributed by atoms with van der Waals surface area (Å²) < 4.78 is 12.8. The van der Waals surface area contributed by atoms with Gasteiger partial charge in [-0.2, -0.15) is 0 Å². The molecule has 21 heavy (non-hydrogen) atoms. The van der Waals surface area contributed by atoms with Gasteiger partial charge in [0, 0.05) is 19.5 Å². The van der Waals surface area contributed by atoms with Gasteiger partial charge in [-0.15, -0.1) is 12.4 Å². The van der Waals surface area contributed by atoms with E-state index in [9.17, 15) is 9.18 Å². The summed E-state index contributed by atoms with van der Waals surface area (Å²) in [6.45, 7) is 1.26. The standard InChI is InChI=1S/C16H23FN2O.ClH/c1-19(10-9-12-5-7-14(17)8-6-12)16(20)15-4-2-3-13(15)11-18;/h5-8,13,15H,2-4,9-11,18H2,1H3;1H/t13-,15-;/m1./s1. The van der Waals surface area contributed by atoms with Gasteiger partial charge in [0.05, 0.1) is 0 Å². The van der Waals surface area contributed by atoms with E-state index in [1.54, 1.807) is 17.0 Å². The number of hydrogen-bond acceptors (Lipinski definition) is 2. The third-order valence-electron chi connectivity index (χ3n) is 4.30. The summed E-state index contributed by atoms with van der Waals surface area (Å²) in [6, 6.07) is 6.45. The van der Waals surface area contributed by atoms with Crippen LogP contribution in [0, 0.1) is 17.7 Å². The van der Waals surface area contributed by atoms with Crippen LogP contribution in [0.15, 0.2) is 24.3 Å². The fraction of sp³-hybridized carbons (Fsp3) is 0.562. The lowest BCUT2D eigenvalue weighted by molar-refractivity contribution is -0.135. The average molecular weight is 315 g/mol. The van der Waals surface area contributed by atoms with Crippen molar-refractivity contribution in [3.05, 3.63) is 35.6 Å². The number of rotatable bonds is 5. The smallest absolute Gasteiger partial charge is 0.225 e. The minimum atomic E-state index is -0.227. The zero-order chi connectivity index (χ0) is 14.5. The van der Waals surface area contributed by atoms with Crippen LogP contribution in [0.25, 0.3) is 0 Å². The van der Waals surface area contributed by atoms with E-state index in [2.05, 4.69) is 0 Å². The summed E-state index contributed by atoms with van der Waals surface area (Å²) >= 11 is 0. The van der Waals surface area contributed by atoms with Crippen LogP contribution < -0.4 is 5.73 Å². The van der Waals surface area contributed by atoms with Crippen LogP contribution in [0.3, 0.4) is 0 Å². The second-order valence-electron chi connectivity index (χ2n) is 5.67. The van der Waals surface area contributed by atoms with Crippen molar-refractivity contribution < 1.29 is 9.18 Å². The summed E-state index contributed by atoms with van der Waals surface area (Å²) in [5, 5.41) is 0. The van der Waals surface area contributed by atoms with Gasteiger partial charge in [-0.3, -0.25) is 4.79 Å². The van der Waals surface area contributed by atoms with E-state index >= 15 is 0 Å². The summed E-state index contributed by atoms with van der Waals surface area (Å²) in [7, 11) is 1.84. The zero-order valence-electron chi connectivity index (χ0n) is 12.4. The molecule has 1 aromatic carbocycles. The van der Waals surface area contributed by atoms with Crippen molar-refractivity contribution in [3.8, 4) is 0 Å². The molecule has 0 bridgehead atoms. The second kappa shape index (κ2) is 8.35. The van der Waals surface area contributed by atoms with Crippen LogP contribution in [-0.2, 0) is 11.2 Å². The van der Waals surface area contributed by atoms with Gasteiger partial charge < -0.3 is 10.6 Å². The number of amides is 1. The maximum atomic E-state index is 12.8. The van der Waals surface area contributed by atoms with E-state index in [-0.39, 0.29) is 30.0 Å². The van der Waals surface area contributed by atoms with Crippen LogP contribution in [0.1, 0.15) is 24.8 Å². The summed E-state index contributed by atoms with van der Waals surface area (Å²) in [4.78, 5) is 14.2. The summed E-state index contributed by atoms with van der Waals surface area (Å²) in [6.07, 6.45) is 3.88. The maximum Gasteiger partial charge on any atom is 0.225 e. The van der Waals surface area contributed by atoms with Crippen molar-refractivity contribution in [2.45, 2.75) is 25.7 Å². The van der Waals surface area contributed by atoms with Crippen LogP contribution in [0.5, 0.6) is 0 Å². The zero-order valence-corrected chi connectivity index (χ0v) is 13.2. The number of nitrogens with zero attached hydrogens (tertiary/aromatic N) is 1. The molecule has 0 aromatic heterocycles. The fourth-order valence-electron chi connectivity index (χ4n) is 2.99. The largest absolute Gasteiger partial charge is 0.345 e. The lowest BCUT2D eigenvalue weighted by Gasteiger charge is -2.24. The minimum Gasteiger partial charge on any atom is -0.345 e. The molecule has 1 aliphatic carbocycles. The van der Waals surface area contributed by atoms with E-state index in [4.69, 9.17) is 5.73 Å². The number of carbonyl (C=O) groups is 1. The van der Waals surface area contributed by atoms with Gasteiger partial charge in [0.15, 0.2) is 0 Å². The third kappa shape index (κ3) is 4.68. The summed E-state index contributed by atoms with van der Waals surface area (Å²) in [5.41, 5.74) is 6.78. The maximum absolute atomic E-state index is 12.8. The molecular weight excluding hydrogens is 291 g/mol. The highest BCUT2D eigenvalue weighted by atomic mass is 35.5. The van der Waals surface area contributed by atoms with Crippen molar-refractivity contribution in [2.75, 3.05) is 20.1 Å². The molecule has 2 rings (SSSR count). The number of halogens is 2. The lowest BCUT2D eigenvalue weighted by Crippen LogP contribution is -2.37. The van der Waals surface area contributed by atoms with E-state index in [1.807, 2.05) is 7.05 Å². The van der Waals surface area contributed by atoms with E-state index < -0.39 is 0 Å². The van der Waals surface area contributed by atoms with Crippen LogP contribution in [-0.4, -0.2) is 30.9 Å². The minimum absolute atomic E-state index is 0. The molecule has 0 spiro atoms. The molecule has 0 unspecified atom stereocenters. The quantitative estimate of drug-likeness (QED) is 0.908. The van der Waals surface area contributed by atoms with Crippen LogP contribution in [0.4, 0.5) is 4.39 Å². The Kier molecular flexibility index (Phi) is 7.12. The Morgan fingerprint density at radius 3 is 2.62 bits per heavy atom. The Morgan fingerprint density at radius 1 is 1.33 bits per heavy atom. The molecule has 118 valence electrons. The van der Waals surface area contributed by atoms with Crippen molar-refractivity contribution in [2.24, 2.45) is 17.6 Å². The molecule has 5 heteroatoms. The number of likely N-dealkylation sites (N-methyl/N-ethyl adjacent to an activating group) is 1. The Morgan fingerprint density at radius 2 is 2.00 bits per heavy atom. The van der Waals surface area contributed by atoms with Gasteiger partial charge in [-0.05, 0) is 49.4 Å². The normalized spacial score (nSPS) is 20.9. The Bertz CT molecular complexity index is 452. The molecule has 3 nitrogen and oxygen atoms in total. The SMILES string of the molecule is CN(CCc1ccc(F)cc1)C(=O)[C@@H]1CCC[C@@H]1CN.Cl. The molecule has 1 amide bonds. The molecular formula is C16H24ClFN2O. The van der Waals surface area contributed by atoms with Crippen LogP contribution >= 0.6 is 12.4 Å². The number of benzene rings is 1. The Balaban J connectivity index is 0.00000220.